The number of carbonyl (C=O) groups is 1. The maximum absolute atomic E-state index is 11.5. The van der Waals surface area contributed by atoms with Crippen molar-refractivity contribution < 1.29 is 4.79 Å². The van der Waals surface area contributed by atoms with Crippen LogP contribution in [0.2, 0.25) is 0 Å². The van der Waals surface area contributed by atoms with Gasteiger partial charge in [-0.2, -0.15) is 0 Å². The van der Waals surface area contributed by atoms with Crippen LogP contribution in [-0.2, 0) is 11.2 Å². The Morgan fingerprint density at radius 3 is 2.86 bits per heavy atom. The van der Waals surface area contributed by atoms with E-state index < -0.39 is 0 Å². The van der Waals surface area contributed by atoms with Crippen LogP contribution in [0.5, 0.6) is 0 Å². The summed E-state index contributed by atoms with van der Waals surface area (Å²) in [5.74, 6) is 1.23. The lowest BCUT2D eigenvalue weighted by Crippen LogP contribution is -2.31. The first-order valence-electron chi connectivity index (χ1n) is 5.02. The molecule has 0 radical (unpaired) electrons. The van der Waals surface area contributed by atoms with Crippen molar-refractivity contribution in [2.75, 3.05) is 0 Å². The normalized spacial score (nSPS) is 28.3. The lowest BCUT2D eigenvalue weighted by Gasteiger charge is -2.29. The summed E-state index contributed by atoms with van der Waals surface area (Å²) < 4.78 is 0. The maximum Gasteiger partial charge on any atom is 0.140 e. The highest BCUT2D eigenvalue weighted by molar-refractivity contribution is 7.80. The number of aryl methyl sites for hydroxylation is 1. The predicted molar refractivity (Wildman–Crippen MR) is 58.0 cm³/mol. The van der Waals surface area contributed by atoms with Crippen LogP contribution >= 0.6 is 12.6 Å². The number of carbonyl (C=O) groups excluding carboxylic acids is 1. The molecule has 2 unspecified atom stereocenters. The zero-order valence-electron chi connectivity index (χ0n) is 8.08. The summed E-state index contributed by atoms with van der Waals surface area (Å²) in [6, 6.07) is 4.13. The molecule has 0 saturated heterocycles. The Hall–Kier alpha value is -0.760. The van der Waals surface area contributed by atoms with Crippen LogP contribution in [0, 0.1) is 12.8 Å². The number of hydrogen-bond acceptors (Lipinski definition) is 2. The van der Waals surface area contributed by atoms with Gasteiger partial charge in [0, 0.05) is 17.2 Å². The van der Waals surface area contributed by atoms with Crippen molar-refractivity contribution in [3.8, 4) is 0 Å². The van der Waals surface area contributed by atoms with Crippen LogP contribution in [0.3, 0.4) is 0 Å². The van der Waals surface area contributed by atoms with Gasteiger partial charge in [-0.1, -0.05) is 6.07 Å². The largest absolute Gasteiger partial charge is 0.299 e. The third-order valence-electron chi connectivity index (χ3n) is 3.61. The van der Waals surface area contributed by atoms with Gasteiger partial charge in [-0.15, -0.1) is 12.6 Å². The third kappa shape index (κ3) is 0.897. The SMILES string of the molecule is Cc1ccc(S)c2c1C1C(=O)CC1C2. The zero-order valence-corrected chi connectivity index (χ0v) is 8.97. The van der Waals surface area contributed by atoms with Gasteiger partial charge < -0.3 is 0 Å². The number of thiol groups is 1. The standard InChI is InChI=1S/C12H12OS/c1-6-2-3-10(14)8-4-7-5-9(13)12(7)11(6)8/h2-3,7,12,14H,4-5H2,1H3. The molecule has 0 aliphatic heterocycles. The lowest BCUT2D eigenvalue weighted by atomic mass is 9.72. The fraction of sp³-hybridized carbons (Fsp3) is 0.417. The second-order valence-corrected chi connectivity index (χ2v) is 4.89. The Bertz CT molecular complexity index is 436. The number of hydrogen-bond donors (Lipinski definition) is 1. The summed E-state index contributed by atoms with van der Waals surface area (Å²) in [6.45, 7) is 2.10. The molecule has 3 rings (SSSR count). The highest BCUT2D eigenvalue weighted by atomic mass is 32.1. The average molecular weight is 204 g/mol. The van der Waals surface area contributed by atoms with Gasteiger partial charge in [-0.25, -0.2) is 0 Å². The van der Waals surface area contributed by atoms with Crippen LogP contribution < -0.4 is 0 Å². The van der Waals surface area contributed by atoms with Gasteiger partial charge in [0.15, 0.2) is 0 Å². The van der Waals surface area contributed by atoms with Crippen LogP contribution in [0.1, 0.15) is 29.0 Å². The third-order valence-corrected chi connectivity index (χ3v) is 4.03. The molecule has 0 aromatic heterocycles. The molecule has 72 valence electrons. The van der Waals surface area contributed by atoms with Gasteiger partial charge >= 0.3 is 0 Å². The van der Waals surface area contributed by atoms with Gasteiger partial charge in [0.25, 0.3) is 0 Å². The van der Waals surface area contributed by atoms with Crippen LogP contribution in [0.15, 0.2) is 17.0 Å². The second-order valence-electron chi connectivity index (χ2n) is 4.41. The van der Waals surface area contributed by atoms with E-state index in [4.69, 9.17) is 0 Å². The van der Waals surface area contributed by atoms with Gasteiger partial charge in [0.1, 0.15) is 5.78 Å². The van der Waals surface area contributed by atoms with E-state index >= 15 is 0 Å². The molecule has 2 atom stereocenters. The van der Waals surface area contributed by atoms with Crippen LogP contribution in [0.4, 0.5) is 0 Å². The molecule has 0 amide bonds. The molecule has 0 N–H and O–H groups in total. The van der Waals surface area contributed by atoms with Gasteiger partial charge in [0.05, 0.1) is 0 Å². The number of ketones is 1. The molecule has 1 fully saturated rings. The number of benzene rings is 1. The first-order valence-corrected chi connectivity index (χ1v) is 5.47. The number of rotatable bonds is 0. The zero-order chi connectivity index (χ0) is 9.87. The Labute approximate surface area is 88.9 Å². The molecular formula is C12H12OS. The summed E-state index contributed by atoms with van der Waals surface area (Å²) >= 11 is 4.46. The lowest BCUT2D eigenvalue weighted by molar-refractivity contribution is -0.128. The van der Waals surface area contributed by atoms with Crippen LogP contribution in [-0.4, -0.2) is 5.78 Å². The van der Waals surface area contributed by atoms with E-state index in [1.165, 1.54) is 16.7 Å². The Kier molecular flexibility index (Phi) is 1.61. The molecule has 0 spiro atoms. The van der Waals surface area contributed by atoms with Crippen molar-refractivity contribution in [1.82, 2.24) is 0 Å². The summed E-state index contributed by atoms with van der Waals surface area (Å²) in [6.07, 6.45) is 1.85. The van der Waals surface area contributed by atoms with Crippen molar-refractivity contribution in [3.63, 3.8) is 0 Å². The van der Waals surface area contributed by atoms with E-state index in [0.717, 1.165) is 17.7 Å². The van der Waals surface area contributed by atoms with E-state index in [9.17, 15) is 4.79 Å². The Balaban J connectivity index is 2.22. The molecule has 1 aromatic carbocycles. The maximum atomic E-state index is 11.5. The molecule has 1 aromatic rings. The average Bonchev–Trinajstić information content (AvgIpc) is 2.45. The summed E-state index contributed by atoms with van der Waals surface area (Å²) in [5.41, 5.74) is 3.88. The minimum Gasteiger partial charge on any atom is -0.299 e. The van der Waals surface area contributed by atoms with Crippen molar-refractivity contribution in [3.05, 3.63) is 28.8 Å². The van der Waals surface area contributed by atoms with E-state index in [-0.39, 0.29) is 5.92 Å². The van der Waals surface area contributed by atoms with E-state index in [1.807, 2.05) is 6.07 Å². The van der Waals surface area contributed by atoms with Crippen molar-refractivity contribution in [1.29, 1.82) is 0 Å². The van der Waals surface area contributed by atoms with Crippen molar-refractivity contribution >= 4 is 18.4 Å². The molecule has 2 aliphatic carbocycles. The van der Waals surface area contributed by atoms with Gasteiger partial charge in [0.2, 0.25) is 0 Å². The minimum atomic E-state index is 0.220. The fourth-order valence-electron chi connectivity index (χ4n) is 2.87. The molecule has 2 aliphatic rings. The molecule has 0 heterocycles. The minimum absolute atomic E-state index is 0.220. The highest BCUT2D eigenvalue weighted by Crippen LogP contribution is 2.51. The van der Waals surface area contributed by atoms with E-state index in [2.05, 4.69) is 25.6 Å². The van der Waals surface area contributed by atoms with Gasteiger partial charge in [-0.05, 0) is 42.0 Å². The van der Waals surface area contributed by atoms with E-state index in [1.54, 1.807) is 0 Å². The monoisotopic (exact) mass is 204 g/mol. The number of Topliss-reactive ketones (excluding diaryl/α,β-unsaturated/α-hetero) is 1. The predicted octanol–water partition coefficient (Wildman–Crippen LogP) is 2.51. The van der Waals surface area contributed by atoms with Crippen molar-refractivity contribution in [2.24, 2.45) is 5.92 Å². The molecular weight excluding hydrogens is 192 g/mol. The molecule has 2 heteroatoms. The summed E-state index contributed by atoms with van der Waals surface area (Å²) in [7, 11) is 0. The Morgan fingerprint density at radius 2 is 2.14 bits per heavy atom. The number of fused-ring (bicyclic) bond motifs is 3. The fourth-order valence-corrected chi connectivity index (χ4v) is 3.16. The molecule has 0 bridgehead atoms. The quantitative estimate of drug-likeness (QED) is 0.643. The first-order chi connectivity index (χ1) is 6.68. The molecule has 14 heavy (non-hydrogen) atoms. The van der Waals surface area contributed by atoms with Gasteiger partial charge in [-0.3, -0.25) is 4.79 Å². The van der Waals surface area contributed by atoms with E-state index in [0.29, 0.717) is 11.7 Å². The first kappa shape index (κ1) is 8.54. The topological polar surface area (TPSA) is 17.1 Å². The summed E-state index contributed by atoms with van der Waals surface area (Å²) in [4.78, 5) is 12.6. The van der Waals surface area contributed by atoms with Crippen molar-refractivity contribution in [2.45, 2.75) is 30.6 Å². The summed E-state index contributed by atoms with van der Waals surface area (Å²) in [5, 5.41) is 0. The van der Waals surface area contributed by atoms with Crippen LogP contribution in [0.25, 0.3) is 0 Å². The molecule has 1 nitrogen and oxygen atoms in total. The smallest absolute Gasteiger partial charge is 0.140 e. The Morgan fingerprint density at radius 1 is 1.36 bits per heavy atom. The molecule has 1 saturated carbocycles. The highest BCUT2D eigenvalue weighted by Gasteiger charge is 2.47. The second kappa shape index (κ2) is 2.63.